The quantitative estimate of drug-likeness (QED) is 0.572. The van der Waals surface area contributed by atoms with Crippen LogP contribution in [0.2, 0.25) is 0 Å². The summed E-state index contributed by atoms with van der Waals surface area (Å²) >= 11 is 1.24. The van der Waals surface area contributed by atoms with Crippen molar-refractivity contribution < 1.29 is 0 Å². The number of rotatable bonds is 4. The molecule has 0 saturated carbocycles. The molecule has 0 bridgehead atoms. The maximum Gasteiger partial charge on any atom is 0.252 e. The van der Waals surface area contributed by atoms with Crippen LogP contribution in [0.15, 0.2) is 36.7 Å². The van der Waals surface area contributed by atoms with Gasteiger partial charge < -0.3 is 0 Å². The van der Waals surface area contributed by atoms with Crippen LogP contribution in [-0.4, -0.2) is 40.3 Å². The largest absolute Gasteiger partial charge is 0.295 e. The van der Waals surface area contributed by atoms with Crippen molar-refractivity contribution in [2.75, 3.05) is 7.05 Å². The summed E-state index contributed by atoms with van der Waals surface area (Å²) in [5.41, 5.74) is 3.10. The number of benzene rings is 1. The molecule has 0 amide bonds. The van der Waals surface area contributed by atoms with E-state index in [1.807, 2.05) is 25.4 Å². The van der Waals surface area contributed by atoms with Crippen molar-refractivity contribution in [3.8, 4) is 0 Å². The first kappa shape index (κ1) is 13.2. The van der Waals surface area contributed by atoms with Crippen molar-refractivity contribution in [1.82, 2.24) is 33.2 Å². The minimum absolute atomic E-state index is 0.626. The highest BCUT2D eigenvalue weighted by Crippen LogP contribution is 2.15. The van der Waals surface area contributed by atoms with Gasteiger partial charge in [-0.15, -0.1) is 5.10 Å². The van der Waals surface area contributed by atoms with Crippen molar-refractivity contribution in [3.63, 3.8) is 0 Å². The first-order valence-electron chi connectivity index (χ1n) is 6.84. The predicted octanol–water partition coefficient (Wildman–Crippen LogP) is 1.76. The maximum absolute atomic E-state index is 4.42. The van der Waals surface area contributed by atoms with Gasteiger partial charge in [0.25, 0.3) is 5.78 Å². The topological polar surface area (TPSA) is 72.1 Å². The molecule has 0 unspecified atom stereocenters. The zero-order valence-electron chi connectivity index (χ0n) is 11.9. The molecule has 0 aliphatic heterocycles. The van der Waals surface area contributed by atoms with E-state index < -0.39 is 0 Å². The molecule has 0 radical (unpaired) electrons. The van der Waals surface area contributed by atoms with E-state index in [9.17, 15) is 0 Å². The Hall–Kier alpha value is -2.45. The number of aromatic nitrogens is 6. The molecule has 7 nitrogen and oxygen atoms in total. The van der Waals surface area contributed by atoms with Gasteiger partial charge in [-0.3, -0.25) is 4.90 Å². The van der Waals surface area contributed by atoms with Crippen LogP contribution in [-0.2, 0) is 13.1 Å². The van der Waals surface area contributed by atoms with E-state index in [4.69, 9.17) is 0 Å². The first-order chi connectivity index (χ1) is 10.8. The lowest BCUT2D eigenvalue weighted by Gasteiger charge is -2.14. The summed E-state index contributed by atoms with van der Waals surface area (Å²) in [7, 11) is 2.04. The lowest BCUT2D eigenvalue weighted by atomic mass is 10.2. The number of nitrogens with zero attached hydrogens (tertiary/aromatic N) is 7. The van der Waals surface area contributed by atoms with Crippen LogP contribution < -0.4 is 0 Å². The second kappa shape index (κ2) is 5.39. The van der Waals surface area contributed by atoms with E-state index in [2.05, 4.69) is 40.8 Å². The third-order valence-corrected chi connectivity index (χ3v) is 3.90. The van der Waals surface area contributed by atoms with Gasteiger partial charge in [0.15, 0.2) is 5.82 Å². The molecular formula is C14H13N7S. The SMILES string of the molecule is CN(Cc1ccc2nsnc2c1)Cc1nc2ncccn2n1. The molecule has 4 aromatic rings. The van der Waals surface area contributed by atoms with Gasteiger partial charge in [-0.2, -0.15) is 13.7 Å². The van der Waals surface area contributed by atoms with E-state index >= 15 is 0 Å². The molecule has 0 spiro atoms. The van der Waals surface area contributed by atoms with E-state index in [-0.39, 0.29) is 0 Å². The molecule has 22 heavy (non-hydrogen) atoms. The maximum atomic E-state index is 4.42. The van der Waals surface area contributed by atoms with Crippen molar-refractivity contribution in [3.05, 3.63) is 48.0 Å². The normalized spacial score (nSPS) is 11.7. The molecule has 0 saturated heterocycles. The van der Waals surface area contributed by atoms with Crippen molar-refractivity contribution >= 4 is 28.5 Å². The van der Waals surface area contributed by atoms with Crippen LogP contribution >= 0.6 is 11.7 Å². The lowest BCUT2D eigenvalue weighted by Crippen LogP contribution is -2.18. The Kier molecular flexibility index (Phi) is 3.24. The lowest BCUT2D eigenvalue weighted by molar-refractivity contribution is 0.311. The average molecular weight is 311 g/mol. The monoisotopic (exact) mass is 311 g/mol. The van der Waals surface area contributed by atoms with Crippen LogP contribution in [0, 0.1) is 0 Å². The third kappa shape index (κ3) is 2.53. The van der Waals surface area contributed by atoms with E-state index in [1.54, 1.807) is 10.7 Å². The minimum Gasteiger partial charge on any atom is -0.295 e. The molecular weight excluding hydrogens is 298 g/mol. The fourth-order valence-corrected chi connectivity index (χ4v) is 2.90. The molecule has 0 N–H and O–H groups in total. The van der Waals surface area contributed by atoms with E-state index in [0.29, 0.717) is 12.3 Å². The summed E-state index contributed by atoms with van der Waals surface area (Å²) in [6, 6.07) is 8.01. The van der Waals surface area contributed by atoms with E-state index in [0.717, 1.165) is 23.4 Å². The van der Waals surface area contributed by atoms with Crippen molar-refractivity contribution in [2.24, 2.45) is 0 Å². The summed E-state index contributed by atoms with van der Waals surface area (Å²) in [5.74, 6) is 1.39. The molecule has 0 atom stereocenters. The fourth-order valence-electron chi connectivity index (χ4n) is 2.38. The zero-order chi connectivity index (χ0) is 14.9. The second-order valence-electron chi connectivity index (χ2n) is 5.15. The molecule has 3 aromatic heterocycles. The zero-order valence-corrected chi connectivity index (χ0v) is 12.7. The highest BCUT2D eigenvalue weighted by atomic mass is 32.1. The third-order valence-electron chi connectivity index (χ3n) is 3.34. The smallest absolute Gasteiger partial charge is 0.252 e. The van der Waals surface area contributed by atoms with Gasteiger partial charge in [0, 0.05) is 18.9 Å². The predicted molar refractivity (Wildman–Crippen MR) is 83.4 cm³/mol. The van der Waals surface area contributed by atoms with Crippen LogP contribution in [0.25, 0.3) is 16.8 Å². The van der Waals surface area contributed by atoms with Gasteiger partial charge in [-0.05, 0) is 30.8 Å². The summed E-state index contributed by atoms with van der Waals surface area (Å²) in [6.07, 6.45) is 3.57. The summed E-state index contributed by atoms with van der Waals surface area (Å²) in [4.78, 5) is 10.8. The van der Waals surface area contributed by atoms with Crippen LogP contribution in [0.4, 0.5) is 0 Å². The van der Waals surface area contributed by atoms with Gasteiger partial charge in [0.1, 0.15) is 11.0 Å². The summed E-state index contributed by atoms with van der Waals surface area (Å²) in [5, 5.41) is 4.42. The molecule has 0 aliphatic rings. The Labute approximate surface area is 130 Å². The Morgan fingerprint density at radius 1 is 1.18 bits per heavy atom. The Morgan fingerprint density at radius 2 is 2.09 bits per heavy atom. The number of hydrogen-bond donors (Lipinski definition) is 0. The molecule has 1 aromatic carbocycles. The molecule has 8 heteroatoms. The first-order valence-corrected chi connectivity index (χ1v) is 7.57. The Bertz CT molecular complexity index is 892. The van der Waals surface area contributed by atoms with Gasteiger partial charge in [0.2, 0.25) is 0 Å². The average Bonchev–Trinajstić information content (AvgIpc) is 3.11. The van der Waals surface area contributed by atoms with Crippen LogP contribution in [0.1, 0.15) is 11.4 Å². The van der Waals surface area contributed by atoms with Gasteiger partial charge >= 0.3 is 0 Å². The summed E-state index contributed by atoms with van der Waals surface area (Å²) in [6.45, 7) is 1.47. The second-order valence-corrected chi connectivity index (χ2v) is 5.68. The molecule has 0 aliphatic carbocycles. The Balaban J connectivity index is 1.50. The molecule has 0 fully saturated rings. The van der Waals surface area contributed by atoms with Crippen LogP contribution in [0.3, 0.4) is 0 Å². The number of hydrogen-bond acceptors (Lipinski definition) is 7. The molecule has 110 valence electrons. The highest BCUT2D eigenvalue weighted by molar-refractivity contribution is 7.00. The van der Waals surface area contributed by atoms with E-state index in [1.165, 1.54) is 17.3 Å². The number of fused-ring (bicyclic) bond motifs is 2. The van der Waals surface area contributed by atoms with Gasteiger partial charge in [-0.1, -0.05) is 6.07 Å². The summed E-state index contributed by atoms with van der Waals surface area (Å²) < 4.78 is 10.2. The molecule has 3 heterocycles. The van der Waals surface area contributed by atoms with Crippen molar-refractivity contribution in [1.29, 1.82) is 0 Å². The fraction of sp³-hybridized carbons (Fsp3) is 0.214. The standard InChI is InChI=1S/C14H13N7S/c1-20(8-10-3-4-11-12(7-10)19-22-18-11)9-13-16-14-15-5-2-6-21(14)17-13/h2-7H,8-9H2,1H3. The van der Waals surface area contributed by atoms with Gasteiger partial charge in [0.05, 0.1) is 18.3 Å². The van der Waals surface area contributed by atoms with Crippen molar-refractivity contribution in [2.45, 2.75) is 13.1 Å². The Morgan fingerprint density at radius 3 is 3.00 bits per heavy atom. The van der Waals surface area contributed by atoms with Crippen LogP contribution in [0.5, 0.6) is 0 Å². The molecule has 4 rings (SSSR count). The van der Waals surface area contributed by atoms with Gasteiger partial charge in [-0.25, -0.2) is 9.50 Å². The minimum atomic E-state index is 0.626. The highest BCUT2D eigenvalue weighted by Gasteiger charge is 2.09.